The summed E-state index contributed by atoms with van der Waals surface area (Å²) in [6, 6.07) is 28.6. The van der Waals surface area contributed by atoms with E-state index in [2.05, 4.69) is 5.32 Å². The smallest absolute Gasteiger partial charge is 0.234 e. The van der Waals surface area contributed by atoms with E-state index in [-0.39, 0.29) is 22.7 Å². The van der Waals surface area contributed by atoms with E-state index in [4.69, 9.17) is 0 Å². The van der Waals surface area contributed by atoms with Gasteiger partial charge in [0.05, 0.1) is 5.75 Å². The van der Waals surface area contributed by atoms with Gasteiger partial charge in [0.15, 0.2) is 5.78 Å². The number of Topliss-reactive ketones (excluding diaryl/α,β-unsaturated/α-hetero) is 1. The van der Waals surface area contributed by atoms with Crippen LogP contribution in [0.25, 0.3) is 0 Å². The van der Waals surface area contributed by atoms with Gasteiger partial charge in [0.25, 0.3) is 0 Å². The van der Waals surface area contributed by atoms with E-state index in [0.717, 1.165) is 11.3 Å². The van der Waals surface area contributed by atoms with Gasteiger partial charge in [-0.25, -0.2) is 0 Å². The largest absolute Gasteiger partial charge is 0.325 e. The Kier molecular flexibility index (Phi) is 6.83. The van der Waals surface area contributed by atoms with Crippen molar-refractivity contribution in [2.24, 2.45) is 0 Å². The molecule has 0 aliphatic carbocycles. The van der Waals surface area contributed by atoms with Gasteiger partial charge in [-0.05, 0) is 17.7 Å². The summed E-state index contributed by atoms with van der Waals surface area (Å²) in [6.07, 6.45) is 0.358. The van der Waals surface area contributed by atoms with Crippen molar-refractivity contribution in [2.45, 2.75) is 11.7 Å². The third kappa shape index (κ3) is 5.83. The van der Waals surface area contributed by atoms with Crippen LogP contribution in [-0.2, 0) is 4.79 Å². The summed E-state index contributed by atoms with van der Waals surface area (Å²) in [6.45, 7) is 0. The minimum atomic E-state index is -0.0701. The standard InChI is InChI=1S/C23H21NO2S/c25-21(18-10-4-1-5-11-18)16-22(19-12-6-2-7-13-19)27-17-23(26)24-20-14-8-3-9-15-20/h1-15,22H,16-17H2,(H,24,26)/t22-/m0/s1. The number of thioether (sulfide) groups is 1. The first-order valence-electron chi connectivity index (χ1n) is 8.82. The van der Waals surface area contributed by atoms with Crippen LogP contribution in [0.3, 0.4) is 0 Å². The number of amides is 1. The summed E-state index contributed by atoms with van der Waals surface area (Å²) in [5.74, 6) is 0.302. The average molecular weight is 375 g/mol. The minimum absolute atomic E-state index is 0.0690. The molecular formula is C23H21NO2S. The second kappa shape index (κ2) is 9.74. The van der Waals surface area contributed by atoms with Crippen molar-refractivity contribution in [2.75, 3.05) is 11.1 Å². The number of hydrogen-bond donors (Lipinski definition) is 1. The van der Waals surface area contributed by atoms with Gasteiger partial charge in [-0.15, -0.1) is 11.8 Å². The number of benzene rings is 3. The maximum Gasteiger partial charge on any atom is 0.234 e. The van der Waals surface area contributed by atoms with E-state index in [0.29, 0.717) is 12.0 Å². The second-order valence-corrected chi connectivity index (χ2v) is 7.31. The minimum Gasteiger partial charge on any atom is -0.325 e. The monoisotopic (exact) mass is 375 g/mol. The van der Waals surface area contributed by atoms with Crippen molar-refractivity contribution >= 4 is 29.1 Å². The number of carbonyl (C=O) groups is 2. The van der Waals surface area contributed by atoms with Crippen LogP contribution >= 0.6 is 11.8 Å². The second-order valence-electron chi connectivity index (χ2n) is 6.12. The van der Waals surface area contributed by atoms with E-state index in [1.165, 1.54) is 11.8 Å². The molecule has 1 atom stereocenters. The van der Waals surface area contributed by atoms with Gasteiger partial charge in [-0.3, -0.25) is 9.59 Å². The molecule has 3 aromatic carbocycles. The molecule has 0 saturated heterocycles. The molecule has 0 bridgehead atoms. The summed E-state index contributed by atoms with van der Waals surface area (Å²) in [5.41, 5.74) is 2.53. The van der Waals surface area contributed by atoms with E-state index < -0.39 is 0 Å². The van der Waals surface area contributed by atoms with Crippen molar-refractivity contribution < 1.29 is 9.59 Å². The number of carbonyl (C=O) groups excluding carboxylic acids is 2. The van der Waals surface area contributed by atoms with Crippen LogP contribution in [0.1, 0.15) is 27.6 Å². The van der Waals surface area contributed by atoms with E-state index >= 15 is 0 Å². The SMILES string of the molecule is O=C(CS[C@@H](CC(=O)c1ccccc1)c1ccccc1)Nc1ccccc1. The van der Waals surface area contributed by atoms with Gasteiger partial charge in [-0.1, -0.05) is 78.9 Å². The van der Waals surface area contributed by atoms with Crippen LogP contribution in [0, 0.1) is 0 Å². The molecule has 3 nitrogen and oxygen atoms in total. The first kappa shape index (κ1) is 18.9. The molecule has 1 N–H and O–H groups in total. The van der Waals surface area contributed by atoms with Gasteiger partial charge in [0.2, 0.25) is 5.91 Å². The van der Waals surface area contributed by atoms with Gasteiger partial charge >= 0.3 is 0 Å². The maximum absolute atomic E-state index is 12.7. The van der Waals surface area contributed by atoms with Gasteiger partial charge in [-0.2, -0.15) is 0 Å². The number of rotatable bonds is 8. The Bertz CT molecular complexity index is 867. The Morgan fingerprint density at radius 2 is 1.33 bits per heavy atom. The molecule has 0 fully saturated rings. The highest BCUT2D eigenvalue weighted by Crippen LogP contribution is 2.33. The highest BCUT2D eigenvalue weighted by atomic mass is 32.2. The number of nitrogens with one attached hydrogen (secondary N) is 1. The molecule has 0 aromatic heterocycles. The van der Waals surface area contributed by atoms with Crippen LogP contribution in [0.15, 0.2) is 91.0 Å². The Hall–Kier alpha value is -2.85. The summed E-state index contributed by atoms with van der Waals surface area (Å²) >= 11 is 1.49. The van der Waals surface area contributed by atoms with E-state index in [1.54, 1.807) is 0 Å². The molecular weight excluding hydrogens is 354 g/mol. The third-order valence-electron chi connectivity index (χ3n) is 4.11. The summed E-state index contributed by atoms with van der Waals surface area (Å²) in [7, 11) is 0. The molecule has 27 heavy (non-hydrogen) atoms. The zero-order chi connectivity index (χ0) is 18.9. The van der Waals surface area contributed by atoms with Crippen LogP contribution in [-0.4, -0.2) is 17.4 Å². The molecule has 0 aliphatic heterocycles. The molecule has 136 valence electrons. The van der Waals surface area contributed by atoms with Crippen LogP contribution in [0.5, 0.6) is 0 Å². The van der Waals surface area contributed by atoms with Crippen molar-refractivity contribution in [3.05, 3.63) is 102 Å². The molecule has 3 aromatic rings. The molecule has 0 radical (unpaired) electrons. The molecule has 1 amide bonds. The summed E-state index contributed by atoms with van der Waals surface area (Å²) in [5, 5.41) is 2.82. The first-order chi connectivity index (χ1) is 13.2. The fourth-order valence-electron chi connectivity index (χ4n) is 2.75. The van der Waals surface area contributed by atoms with Gasteiger partial charge in [0, 0.05) is 22.9 Å². The highest BCUT2D eigenvalue weighted by molar-refractivity contribution is 8.00. The molecule has 3 rings (SSSR count). The molecule has 0 unspecified atom stereocenters. The fourth-order valence-corrected chi connectivity index (χ4v) is 3.79. The van der Waals surface area contributed by atoms with E-state index in [9.17, 15) is 9.59 Å². The number of ketones is 1. The Morgan fingerprint density at radius 1 is 0.778 bits per heavy atom. The zero-order valence-electron chi connectivity index (χ0n) is 14.9. The number of anilines is 1. The Balaban J connectivity index is 1.65. The van der Waals surface area contributed by atoms with Crippen LogP contribution in [0.2, 0.25) is 0 Å². The molecule has 0 saturated carbocycles. The highest BCUT2D eigenvalue weighted by Gasteiger charge is 2.19. The lowest BCUT2D eigenvalue weighted by Crippen LogP contribution is -2.15. The molecule has 0 spiro atoms. The number of para-hydroxylation sites is 1. The lowest BCUT2D eigenvalue weighted by molar-refractivity contribution is -0.113. The van der Waals surface area contributed by atoms with Gasteiger partial charge in [0.1, 0.15) is 0 Å². The molecule has 4 heteroatoms. The number of hydrogen-bond acceptors (Lipinski definition) is 3. The van der Waals surface area contributed by atoms with Crippen molar-refractivity contribution in [3.8, 4) is 0 Å². The predicted octanol–water partition coefficient (Wildman–Crippen LogP) is 5.37. The average Bonchev–Trinajstić information content (AvgIpc) is 2.73. The topological polar surface area (TPSA) is 46.2 Å². The normalized spacial score (nSPS) is 11.6. The van der Waals surface area contributed by atoms with Crippen LogP contribution < -0.4 is 5.32 Å². The first-order valence-corrected chi connectivity index (χ1v) is 9.87. The quantitative estimate of drug-likeness (QED) is 0.538. The maximum atomic E-state index is 12.7. The molecule has 0 heterocycles. The summed E-state index contributed by atoms with van der Waals surface area (Å²) in [4.78, 5) is 24.9. The van der Waals surface area contributed by atoms with Crippen molar-refractivity contribution in [3.63, 3.8) is 0 Å². The van der Waals surface area contributed by atoms with Crippen molar-refractivity contribution in [1.29, 1.82) is 0 Å². The predicted molar refractivity (Wildman–Crippen MR) is 112 cm³/mol. The Labute approximate surface area is 163 Å². The summed E-state index contributed by atoms with van der Waals surface area (Å²) < 4.78 is 0. The third-order valence-corrected chi connectivity index (χ3v) is 5.38. The lowest BCUT2D eigenvalue weighted by Gasteiger charge is -2.16. The van der Waals surface area contributed by atoms with Crippen molar-refractivity contribution in [1.82, 2.24) is 0 Å². The lowest BCUT2D eigenvalue weighted by atomic mass is 10.0. The van der Waals surface area contributed by atoms with Crippen LogP contribution in [0.4, 0.5) is 5.69 Å². The van der Waals surface area contributed by atoms with E-state index in [1.807, 2.05) is 91.0 Å². The molecule has 0 aliphatic rings. The Morgan fingerprint density at radius 3 is 1.96 bits per heavy atom. The zero-order valence-corrected chi connectivity index (χ0v) is 15.7. The van der Waals surface area contributed by atoms with Gasteiger partial charge < -0.3 is 5.32 Å². The fraction of sp³-hybridized carbons (Fsp3) is 0.130.